The molecule has 0 radical (unpaired) electrons. The van der Waals surface area contributed by atoms with Crippen molar-refractivity contribution in [1.82, 2.24) is 14.9 Å². The number of rotatable bonds is 9. The molecule has 0 spiro atoms. The predicted molar refractivity (Wildman–Crippen MR) is 71.8 cm³/mol. The minimum absolute atomic E-state index is 0.207. The third-order valence-corrected chi connectivity index (χ3v) is 2.75. The summed E-state index contributed by atoms with van der Waals surface area (Å²) in [6, 6.07) is -0.292. The van der Waals surface area contributed by atoms with Crippen LogP contribution in [0.1, 0.15) is 32.0 Å². The first-order chi connectivity index (χ1) is 9.22. The lowest BCUT2D eigenvalue weighted by atomic mass is 10.2. The number of hydrogen-bond acceptors (Lipinski definition) is 5. The van der Waals surface area contributed by atoms with Crippen LogP contribution in [-0.4, -0.2) is 42.4 Å². The Bertz CT molecular complexity index is 379. The van der Waals surface area contributed by atoms with Gasteiger partial charge in [-0.05, 0) is 13.3 Å². The molecule has 1 rings (SSSR count). The van der Waals surface area contributed by atoms with Crippen molar-refractivity contribution >= 4 is 5.97 Å². The minimum atomic E-state index is -0.292. The molecule has 19 heavy (non-hydrogen) atoms. The van der Waals surface area contributed by atoms with E-state index in [1.54, 1.807) is 13.4 Å². The first-order valence-electron chi connectivity index (χ1n) is 6.61. The van der Waals surface area contributed by atoms with Crippen molar-refractivity contribution in [3.8, 4) is 0 Å². The van der Waals surface area contributed by atoms with Crippen molar-refractivity contribution in [3.63, 3.8) is 0 Å². The zero-order valence-corrected chi connectivity index (χ0v) is 11.9. The fourth-order valence-electron chi connectivity index (χ4n) is 1.77. The fraction of sp³-hybridized carbons (Fsp3) is 0.692. The zero-order valence-electron chi connectivity index (χ0n) is 11.9. The van der Waals surface area contributed by atoms with Crippen LogP contribution in [0.2, 0.25) is 0 Å². The number of methoxy groups -OCH3 is 1. The van der Waals surface area contributed by atoms with E-state index < -0.39 is 0 Å². The maximum Gasteiger partial charge on any atom is 0.329 e. The van der Waals surface area contributed by atoms with Gasteiger partial charge in [0.05, 0.1) is 25.2 Å². The molecule has 0 saturated carbocycles. The van der Waals surface area contributed by atoms with Gasteiger partial charge in [-0.1, -0.05) is 6.92 Å². The molecule has 0 amide bonds. The molecule has 108 valence electrons. The summed E-state index contributed by atoms with van der Waals surface area (Å²) < 4.78 is 11.8. The first-order valence-corrected chi connectivity index (χ1v) is 6.61. The van der Waals surface area contributed by atoms with Crippen LogP contribution in [0.3, 0.4) is 0 Å². The largest absolute Gasteiger partial charge is 0.464 e. The van der Waals surface area contributed by atoms with Gasteiger partial charge < -0.3 is 19.4 Å². The molecule has 0 aliphatic heterocycles. The normalized spacial score (nSPS) is 12.4. The molecule has 6 nitrogen and oxygen atoms in total. The van der Waals surface area contributed by atoms with E-state index in [9.17, 15) is 4.79 Å². The summed E-state index contributed by atoms with van der Waals surface area (Å²) in [4.78, 5) is 16.1. The van der Waals surface area contributed by atoms with E-state index >= 15 is 0 Å². The third kappa shape index (κ3) is 5.00. The van der Waals surface area contributed by atoms with E-state index in [2.05, 4.69) is 10.3 Å². The average Bonchev–Trinajstić information content (AvgIpc) is 2.85. The van der Waals surface area contributed by atoms with Gasteiger partial charge in [0.25, 0.3) is 0 Å². The van der Waals surface area contributed by atoms with E-state index in [1.807, 2.05) is 24.6 Å². The molecule has 1 aromatic heterocycles. The quantitative estimate of drug-likeness (QED) is 0.538. The number of nitrogens with zero attached hydrogens (tertiary/aromatic N) is 2. The SMILES string of the molecule is CCOC(=O)C(CC)n1cnc(CNCCOC)c1. The Morgan fingerprint density at radius 3 is 2.95 bits per heavy atom. The monoisotopic (exact) mass is 269 g/mol. The molecular formula is C13H23N3O3. The second-order valence-corrected chi connectivity index (χ2v) is 4.16. The molecule has 1 atom stereocenters. The van der Waals surface area contributed by atoms with Crippen molar-refractivity contribution < 1.29 is 14.3 Å². The Hall–Kier alpha value is -1.40. The Morgan fingerprint density at radius 1 is 1.53 bits per heavy atom. The highest BCUT2D eigenvalue weighted by Gasteiger charge is 2.19. The van der Waals surface area contributed by atoms with Crippen LogP contribution in [0.25, 0.3) is 0 Å². The zero-order chi connectivity index (χ0) is 14.1. The van der Waals surface area contributed by atoms with Gasteiger partial charge in [0.1, 0.15) is 6.04 Å². The number of carbonyl (C=O) groups excluding carboxylic acids is 1. The highest BCUT2D eigenvalue weighted by molar-refractivity contribution is 5.74. The summed E-state index contributed by atoms with van der Waals surface area (Å²) in [5.74, 6) is -0.207. The van der Waals surface area contributed by atoms with Gasteiger partial charge in [0, 0.05) is 26.4 Å². The molecule has 0 bridgehead atoms. The molecule has 0 saturated heterocycles. The van der Waals surface area contributed by atoms with Gasteiger partial charge in [0.2, 0.25) is 0 Å². The highest BCUT2D eigenvalue weighted by Crippen LogP contribution is 2.14. The third-order valence-electron chi connectivity index (χ3n) is 2.75. The second kappa shape index (κ2) is 8.66. The molecule has 0 fully saturated rings. The molecule has 0 aromatic carbocycles. The van der Waals surface area contributed by atoms with Crippen molar-refractivity contribution in [3.05, 3.63) is 18.2 Å². The first kappa shape index (κ1) is 15.7. The van der Waals surface area contributed by atoms with Crippen LogP contribution >= 0.6 is 0 Å². The van der Waals surface area contributed by atoms with Gasteiger partial charge in [-0.2, -0.15) is 0 Å². The number of esters is 1. The fourth-order valence-corrected chi connectivity index (χ4v) is 1.77. The molecular weight excluding hydrogens is 246 g/mol. The smallest absolute Gasteiger partial charge is 0.329 e. The lowest BCUT2D eigenvalue weighted by molar-refractivity contribution is -0.147. The van der Waals surface area contributed by atoms with Gasteiger partial charge >= 0.3 is 5.97 Å². The van der Waals surface area contributed by atoms with Crippen LogP contribution in [0.5, 0.6) is 0 Å². The van der Waals surface area contributed by atoms with Crippen LogP contribution in [0.15, 0.2) is 12.5 Å². The number of hydrogen-bond donors (Lipinski definition) is 1. The summed E-state index contributed by atoms with van der Waals surface area (Å²) in [5, 5.41) is 3.21. The Kier molecular flexibility index (Phi) is 7.14. The van der Waals surface area contributed by atoms with E-state index in [0.717, 1.165) is 12.2 Å². The summed E-state index contributed by atoms with van der Waals surface area (Å²) in [7, 11) is 1.67. The van der Waals surface area contributed by atoms with E-state index in [0.29, 0.717) is 26.2 Å². The lowest BCUT2D eigenvalue weighted by Crippen LogP contribution is -2.21. The molecule has 0 aliphatic carbocycles. The predicted octanol–water partition coefficient (Wildman–Crippen LogP) is 1.13. The average molecular weight is 269 g/mol. The Morgan fingerprint density at radius 2 is 2.32 bits per heavy atom. The summed E-state index contributed by atoms with van der Waals surface area (Å²) in [6.07, 6.45) is 4.25. The Balaban J connectivity index is 2.53. The number of imidazole rings is 1. The molecule has 1 N–H and O–H groups in total. The molecule has 1 aromatic rings. The minimum Gasteiger partial charge on any atom is -0.464 e. The van der Waals surface area contributed by atoms with Crippen LogP contribution in [0, 0.1) is 0 Å². The lowest BCUT2D eigenvalue weighted by Gasteiger charge is -2.14. The molecule has 6 heteroatoms. The van der Waals surface area contributed by atoms with Crippen molar-refractivity contribution in [2.75, 3.05) is 26.9 Å². The topological polar surface area (TPSA) is 65.4 Å². The number of carbonyl (C=O) groups is 1. The number of nitrogens with one attached hydrogen (secondary N) is 1. The van der Waals surface area contributed by atoms with Gasteiger partial charge in [-0.25, -0.2) is 9.78 Å². The van der Waals surface area contributed by atoms with E-state index in [-0.39, 0.29) is 12.0 Å². The molecule has 0 aliphatic rings. The van der Waals surface area contributed by atoms with E-state index in [4.69, 9.17) is 9.47 Å². The van der Waals surface area contributed by atoms with Crippen LogP contribution in [0.4, 0.5) is 0 Å². The van der Waals surface area contributed by atoms with Crippen LogP contribution in [-0.2, 0) is 20.8 Å². The van der Waals surface area contributed by atoms with E-state index in [1.165, 1.54) is 0 Å². The summed E-state index contributed by atoms with van der Waals surface area (Å²) in [5.41, 5.74) is 0.902. The second-order valence-electron chi connectivity index (χ2n) is 4.16. The summed E-state index contributed by atoms with van der Waals surface area (Å²) in [6.45, 7) is 6.27. The van der Waals surface area contributed by atoms with Gasteiger partial charge in [-0.3, -0.25) is 0 Å². The van der Waals surface area contributed by atoms with Gasteiger partial charge in [-0.15, -0.1) is 0 Å². The summed E-state index contributed by atoms with van der Waals surface area (Å²) >= 11 is 0. The maximum atomic E-state index is 11.8. The maximum absolute atomic E-state index is 11.8. The van der Waals surface area contributed by atoms with Crippen molar-refractivity contribution in [1.29, 1.82) is 0 Å². The molecule has 1 heterocycles. The van der Waals surface area contributed by atoms with Crippen molar-refractivity contribution in [2.45, 2.75) is 32.9 Å². The Labute approximate surface area is 114 Å². The van der Waals surface area contributed by atoms with Crippen molar-refractivity contribution in [2.24, 2.45) is 0 Å². The number of ether oxygens (including phenoxy) is 2. The standard InChI is InChI=1S/C13H23N3O3/c1-4-12(13(17)19-5-2)16-9-11(15-10-16)8-14-6-7-18-3/h9-10,12,14H,4-8H2,1-3H3. The molecule has 1 unspecified atom stereocenters. The highest BCUT2D eigenvalue weighted by atomic mass is 16.5. The van der Waals surface area contributed by atoms with Crippen LogP contribution < -0.4 is 5.32 Å². The number of aromatic nitrogens is 2. The van der Waals surface area contributed by atoms with Gasteiger partial charge in [0.15, 0.2) is 0 Å².